The van der Waals surface area contributed by atoms with Gasteiger partial charge in [-0.2, -0.15) is 0 Å². The quantitative estimate of drug-likeness (QED) is 0.0782. The van der Waals surface area contributed by atoms with Crippen LogP contribution in [-0.2, 0) is 9.59 Å². The highest BCUT2D eigenvalue weighted by molar-refractivity contribution is 5.93. The number of nitrogens with one attached hydrogen (secondary N) is 2. The molecule has 1 aromatic carbocycles. The van der Waals surface area contributed by atoms with E-state index in [2.05, 4.69) is 10.6 Å². The average Bonchev–Trinajstić information content (AvgIpc) is 3.41. The van der Waals surface area contributed by atoms with Gasteiger partial charge >= 0.3 is 5.97 Å². The molecule has 1 heterocycles. The van der Waals surface area contributed by atoms with E-state index in [9.17, 15) is 29.5 Å². The van der Waals surface area contributed by atoms with Gasteiger partial charge in [0.2, 0.25) is 12.3 Å². The molecule has 0 saturated carbocycles. The number of unbranched alkanes of at least 4 members (excludes halogenated alkanes) is 2. The van der Waals surface area contributed by atoms with Gasteiger partial charge in [0.1, 0.15) is 11.5 Å². The Hall–Kier alpha value is -3.86. The minimum Gasteiger partial charge on any atom is -0.494 e. The van der Waals surface area contributed by atoms with E-state index in [-0.39, 0.29) is 36.1 Å². The van der Waals surface area contributed by atoms with Crippen molar-refractivity contribution in [2.75, 3.05) is 13.3 Å². The van der Waals surface area contributed by atoms with Crippen LogP contribution in [0.15, 0.2) is 34.7 Å². The molecule has 0 radical (unpaired) electrons. The molecule has 0 fully saturated rings. The summed E-state index contributed by atoms with van der Waals surface area (Å²) < 4.78 is 11.2. The highest BCUT2D eigenvalue weighted by Gasteiger charge is 2.30. The summed E-state index contributed by atoms with van der Waals surface area (Å²) in [6.45, 7) is 5.98. The number of rotatable bonds is 17. The van der Waals surface area contributed by atoms with E-state index in [1.165, 1.54) is 18.2 Å². The molecule has 0 saturated heterocycles. The van der Waals surface area contributed by atoms with Crippen molar-refractivity contribution in [3.63, 3.8) is 0 Å². The van der Waals surface area contributed by atoms with Gasteiger partial charge in [0.25, 0.3) is 5.91 Å². The van der Waals surface area contributed by atoms with Crippen molar-refractivity contribution < 1.29 is 38.6 Å². The zero-order valence-electron chi connectivity index (χ0n) is 22.1. The molecule has 1 unspecified atom stereocenters. The van der Waals surface area contributed by atoms with Crippen molar-refractivity contribution in [2.24, 2.45) is 5.92 Å². The van der Waals surface area contributed by atoms with Gasteiger partial charge in [-0.15, -0.1) is 0 Å². The van der Waals surface area contributed by atoms with Crippen LogP contribution in [0.2, 0.25) is 0 Å². The third-order valence-electron chi connectivity index (χ3n) is 6.04. The van der Waals surface area contributed by atoms with Crippen molar-refractivity contribution in [1.82, 2.24) is 15.7 Å². The van der Waals surface area contributed by atoms with Crippen LogP contribution in [0.25, 0.3) is 11.3 Å². The second-order valence-corrected chi connectivity index (χ2v) is 8.85. The molecule has 1 aromatic heterocycles. The molecule has 11 heteroatoms. The van der Waals surface area contributed by atoms with Gasteiger partial charge in [0.05, 0.1) is 30.8 Å². The highest BCUT2D eigenvalue weighted by atomic mass is 16.5. The van der Waals surface area contributed by atoms with Crippen molar-refractivity contribution in [1.29, 1.82) is 0 Å². The molecule has 0 aliphatic rings. The standard InChI is InChI=1S/C27H37N3O8/c1-4-7-8-9-21(22(6-3)30(36)17-31)25(32)28-16-29-26(33)24-11-10-23(38-24)18-13-19(27(34)35)15-20(14-18)37-12-5-2/h10-11,13-15,17,21-22,36H,4-9,12,16H2,1-3H3,(H,28,32)(H,29,33)(H,34,35)/t21?,22-/m1/s1. The Kier molecular flexibility index (Phi) is 12.3. The molecule has 3 amide bonds. The molecule has 208 valence electrons. The number of amides is 3. The summed E-state index contributed by atoms with van der Waals surface area (Å²) in [7, 11) is 0. The Morgan fingerprint density at radius 2 is 1.84 bits per heavy atom. The lowest BCUT2D eigenvalue weighted by Gasteiger charge is -2.29. The number of hydrogen-bond donors (Lipinski definition) is 4. The number of carboxylic acids is 1. The molecule has 38 heavy (non-hydrogen) atoms. The van der Waals surface area contributed by atoms with Gasteiger partial charge in [-0.05, 0) is 49.6 Å². The molecule has 2 atom stereocenters. The van der Waals surface area contributed by atoms with Crippen LogP contribution in [0.4, 0.5) is 0 Å². The number of hydrogen-bond acceptors (Lipinski definition) is 7. The van der Waals surface area contributed by atoms with Crippen LogP contribution in [0.1, 0.15) is 80.2 Å². The lowest BCUT2D eigenvalue weighted by atomic mass is 9.90. The first-order chi connectivity index (χ1) is 18.2. The average molecular weight is 532 g/mol. The van der Waals surface area contributed by atoms with E-state index in [4.69, 9.17) is 9.15 Å². The lowest BCUT2D eigenvalue weighted by Crippen LogP contribution is -2.47. The van der Waals surface area contributed by atoms with Crippen LogP contribution >= 0.6 is 0 Å². The third kappa shape index (κ3) is 8.62. The predicted octanol–water partition coefficient (Wildman–Crippen LogP) is 4.06. The van der Waals surface area contributed by atoms with Crippen LogP contribution < -0.4 is 15.4 Å². The fraction of sp³-hybridized carbons (Fsp3) is 0.481. The number of carboxylic acid groups (broad SMARTS) is 1. The van der Waals surface area contributed by atoms with Gasteiger partial charge in [-0.1, -0.05) is 40.0 Å². The zero-order chi connectivity index (χ0) is 28.1. The normalized spacial score (nSPS) is 12.3. The summed E-state index contributed by atoms with van der Waals surface area (Å²) in [6.07, 6.45) is 4.53. The van der Waals surface area contributed by atoms with E-state index >= 15 is 0 Å². The second-order valence-electron chi connectivity index (χ2n) is 8.85. The van der Waals surface area contributed by atoms with Gasteiger partial charge in [-0.25, -0.2) is 9.86 Å². The fourth-order valence-corrected chi connectivity index (χ4v) is 4.06. The first kappa shape index (κ1) is 30.4. The summed E-state index contributed by atoms with van der Waals surface area (Å²) in [5.41, 5.74) is 0.459. The molecule has 11 nitrogen and oxygen atoms in total. The number of ether oxygens (including phenoxy) is 1. The van der Waals surface area contributed by atoms with Crippen molar-refractivity contribution in [3.05, 3.63) is 41.7 Å². The summed E-state index contributed by atoms with van der Waals surface area (Å²) in [6, 6.07) is 6.79. The van der Waals surface area contributed by atoms with Gasteiger partial charge in [0, 0.05) is 5.56 Å². The first-order valence-electron chi connectivity index (χ1n) is 12.8. The van der Waals surface area contributed by atoms with Crippen molar-refractivity contribution >= 4 is 24.2 Å². The molecule has 0 aliphatic heterocycles. The zero-order valence-corrected chi connectivity index (χ0v) is 22.1. The van der Waals surface area contributed by atoms with E-state index in [0.29, 0.717) is 35.8 Å². The molecule has 0 aliphatic carbocycles. The molecule has 0 spiro atoms. The Labute approximate surface area is 222 Å². The van der Waals surface area contributed by atoms with Gasteiger partial charge < -0.3 is 24.9 Å². The Morgan fingerprint density at radius 3 is 2.47 bits per heavy atom. The predicted molar refractivity (Wildman–Crippen MR) is 139 cm³/mol. The number of furan rings is 1. The Balaban J connectivity index is 2.06. The van der Waals surface area contributed by atoms with E-state index in [1.54, 1.807) is 19.1 Å². The van der Waals surface area contributed by atoms with E-state index < -0.39 is 23.8 Å². The lowest BCUT2D eigenvalue weighted by molar-refractivity contribution is -0.168. The number of benzene rings is 1. The maximum Gasteiger partial charge on any atom is 0.335 e. The van der Waals surface area contributed by atoms with Crippen molar-refractivity contribution in [3.8, 4) is 17.1 Å². The van der Waals surface area contributed by atoms with Crippen LogP contribution in [0.3, 0.4) is 0 Å². The maximum atomic E-state index is 12.9. The topological polar surface area (TPSA) is 158 Å². The SMILES string of the molecule is CCCCCC(C(=O)NCNC(=O)c1ccc(-c2cc(OCCC)cc(C(=O)O)c2)o1)[C@@H](CC)N(O)C=O. The summed E-state index contributed by atoms with van der Waals surface area (Å²) in [4.78, 5) is 48.1. The number of carbonyl (C=O) groups excluding carboxylic acids is 3. The minimum absolute atomic E-state index is 0.0219. The number of nitrogens with zero attached hydrogens (tertiary/aromatic N) is 1. The van der Waals surface area contributed by atoms with Crippen LogP contribution in [0.5, 0.6) is 5.75 Å². The third-order valence-corrected chi connectivity index (χ3v) is 6.04. The smallest absolute Gasteiger partial charge is 0.335 e. The van der Waals surface area contributed by atoms with E-state index in [0.717, 1.165) is 25.7 Å². The van der Waals surface area contributed by atoms with Gasteiger partial charge in [-0.3, -0.25) is 19.6 Å². The monoisotopic (exact) mass is 531 g/mol. The molecule has 0 bridgehead atoms. The summed E-state index contributed by atoms with van der Waals surface area (Å²) >= 11 is 0. The fourth-order valence-electron chi connectivity index (χ4n) is 4.06. The molecular formula is C27H37N3O8. The maximum absolute atomic E-state index is 12.9. The molecule has 2 rings (SSSR count). The molecular weight excluding hydrogens is 494 g/mol. The summed E-state index contributed by atoms with van der Waals surface area (Å²) in [5, 5.41) is 25.1. The van der Waals surface area contributed by atoms with Gasteiger partial charge in [0.15, 0.2) is 5.76 Å². The minimum atomic E-state index is -1.12. The highest BCUT2D eigenvalue weighted by Crippen LogP contribution is 2.28. The number of aromatic carboxylic acids is 1. The van der Waals surface area contributed by atoms with E-state index in [1.807, 2.05) is 13.8 Å². The number of hydroxylamine groups is 2. The molecule has 4 N–H and O–H groups in total. The van der Waals surface area contributed by atoms with Crippen LogP contribution in [-0.4, -0.2) is 58.9 Å². The Morgan fingerprint density at radius 1 is 1.08 bits per heavy atom. The molecule has 2 aromatic rings. The number of carbonyl (C=O) groups is 4. The largest absolute Gasteiger partial charge is 0.494 e. The summed E-state index contributed by atoms with van der Waals surface area (Å²) in [5.74, 6) is -2.11. The first-order valence-corrected chi connectivity index (χ1v) is 12.8. The van der Waals surface area contributed by atoms with Crippen LogP contribution in [0, 0.1) is 5.92 Å². The Bertz CT molecular complexity index is 1080. The second kappa shape index (κ2) is 15.4. The van der Waals surface area contributed by atoms with Crippen molar-refractivity contribution in [2.45, 2.75) is 65.3 Å².